The van der Waals surface area contributed by atoms with E-state index in [1.165, 1.54) is 19.1 Å². The summed E-state index contributed by atoms with van der Waals surface area (Å²) in [6.07, 6.45) is 0. The van der Waals surface area contributed by atoms with Gasteiger partial charge in [-0.3, -0.25) is 4.79 Å². The molecule has 5 nitrogen and oxygen atoms in total. The second-order valence-electron chi connectivity index (χ2n) is 2.43. The Kier molecular flexibility index (Phi) is 4.77. The van der Waals surface area contributed by atoms with Crippen LogP contribution in [0.4, 0.5) is 0 Å². The molecule has 0 bridgehead atoms. The number of aromatic carboxylic acids is 1. The fourth-order valence-corrected chi connectivity index (χ4v) is 0.654. The SMILES string of the molecule is CC(N)=O.O=C(O)c1ccccc1O. The number of hydrogen-bond donors (Lipinski definition) is 3. The van der Waals surface area contributed by atoms with Crippen molar-refractivity contribution in [3.05, 3.63) is 29.8 Å². The number of rotatable bonds is 1. The Labute approximate surface area is 80.8 Å². The number of nitrogens with two attached hydrogens (primary N) is 1. The van der Waals surface area contributed by atoms with Crippen LogP contribution in [0.3, 0.4) is 0 Å². The molecule has 1 aromatic carbocycles. The maximum atomic E-state index is 10.3. The van der Waals surface area contributed by atoms with Crippen LogP contribution in [-0.4, -0.2) is 22.1 Å². The van der Waals surface area contributed by atoms with Gasteiger partial charge in [0.2, 0.25) is 5.91 Å². The van der Waals surface area contributed by atoms with Gasteiger partial charge < -0.3 is 15.9 Å². The lowest BCUT2D eigenvalue weighted by molar-refractivity contribution is -0.115. The van der Waals surface area contributed by atoms with Gasteiger partial charge in [0.25, 0.3) is 0 Å². The molecule has 0 saturated heterocycles. The van der Waals surface area contributed by atoms with E-state index in [0.717, 1.165) is 0 Å². The van der Waals surface area contributed by atoms with Crippen LogP contribution >= 0.6 is 0 Å². The molecule has 0 saturated carbocycles. The molecule has 0 fully saturated rings. The minimum Gasteiger partial charge on any atom is -0.507 e. The van der Waals surface area contributed by atoms with E-state index in [4.69, 9.17) is 10.2 Å². The van der Waals surface area contributed by atoms with Gasteiger partial charge in [-0.15, -0.1) is 0 Å². The van der Waals surface area contributed by atoms with Gasteiger partial charge in [0.1, 0.15) is 11.3 Å². The average molecular weight is 197 g/mol. The van der Waals surface area contributed by atoms with Crippen molar-refractivity contribution in [3.8, 4) is 5.75 Å². The molecule has 0 aliphatic rings. The lowest BCUT2D eigenvalue weighted by atomic mass is 10.2. The van der Waals surface area contributed by atoms with Crippen LogP contribution in [0.1, 0.15) is 17.3 Å². The third-order valence-electron chi connectivity index (χ3n) is 1.13. The first-order valence-corrected chi connectivity index (χ1v) is 3.72. The Bertz CT molecular complexity index is 331. The average Bonchev–Trinajstić information content (AvgIpc) is 2.03. The van der Waals surface area contributed by atoms with Gasteiger partial charge in [-0.05, 0) is 12.1 Å². The second-order valence-corrected chi connectivity index (χ2v) is 2.43. The Balaban J connectivity index is 0.000000364. The van der Waals surface area contributed by atoms with Crippen LogP contribution in [0.5, 0.6) is 5.75 Å². The van der Waals surface area contributed by atoms with E-state index in [1.54, 1.807) is 12.1 Å². The monoisotopic (exact) mass is 197 g/mol. The van der Waals surface area contributed by atoms with E-state index in [0.29, 0.717) is 0 Å². The van der Waals surface area contributed by atoms with Gasteiger partial charge in [-0.1, -0.05) is 12.1 Å². The topological polar surface area (TPSA) is 101 Å². The molecule has 76 valence electrons. The zero-order valence-electron chi connectivity index (χ0n) is 7.60. The van der Waals surface area contributed by atoms with Gasteiger partial charge in [-0.2, -0.15) is 0 Å². The molecule has 5 heteroatoms. The number of carboxylic acid groups (broad SMARTS) is 1. The van der Waals surface area contributed by atoms with Crippen molar-refractivity contribution in [2.75, 3.05) is 0 Å². The molecule has 0 spiro atoms. The quantitative estimate of drug-likeness (QED) is 0.613. The molecule has 1 aromatic rings. The summed E-state index contributed by atoms with van der Waals surface area (Å²) in [6.45, 7) is 1.31. The van der Waals surface area contributed by atoms with E-state index in [-0.39, 0.29) is 17.2 Å². The standard InChI is InChI=1S/C7H6O3.C2H5NO/c8-6-4-2-1-3-5(6)7(9)10;1-2(3)4/h1-4,8H,(H,9,10);1H3,(H2,3,4). The Morgan fingerprint density at radius 1 is 1.29 bits per heavy atom. The zero-order chi connectivity index (χ0) is 11.1. The first kappa shape index (κ1) is 12.0. The fourth-order valence-electron chi connectivity index (χ4n) is 0.654. The van der Waals surface area contributed by atoms with Crippen molar-refractivity contribution in [1.29, 1.82) is 0 Å². The molecular weight excluding hydrogens is 186 g/mol. The van der Waals surface area contributed by atoms with E-state index in [9.17, 15) is 9.59 Å². The molecule has 0 unspecified atom stereocenters. The largest absolute Gasteiger partial charge is 0.507 e. The van der Waals surface area contributed by atoms with Crippen molar-refractivity contribution in [2.24, 2.45) is 5.73 Å². The summed E-state index contributed by atoms with van der Waals surface area (Å²) in [5.41, 5.74) is 4.41. The molecule has 0 aliphatic carbocycles. The van der Waals surface area contributed by atoms with E-state index in [2.05, 4.69) is 5.73 Å². The van der Waals surface area contributed by atoms with Crippen molar-refractivity contribution >= 4 is 11.9 Å². The number of primary amides is 1. The molecule has 0 radical (unpaired) electrons. The van der Waals surface area contributed by atoms with Crippen molar-refractivity contribution in [2.45, 2.75) is 6.92 Å². The summed E-state index contributed by atoms with van der Waals surface area (Å²) in [7, 11) is 0. The minimum absolute atomic E-state index is 0.0671. The summed E-state index contributed by atoms with van der Waals surface area (Å²) in [5.74, 6) is -1.65. The zero-order valence-corrected chi connectivity index (χ0v) is 7.60. The second kappa shape index (κ2) is 5.58. The van der Waals surface area contributed by atoms with Crippen LogP contribution in [0.15, 0.2) is 24.3 Å². The van der Waals surface area contributed by atoms with Crippen LogP contribution in [-0.2, 0) is 4.79 Å². The first-order valence-electron chi connectivity index (χ1n) is 3.72. The normalized spacial score (nSPS) is 8.36. The number of hydrogen-bond acceptors (Lipinski definition) is 3. The summed E-state index contributed by atoms with van der Waals surface area (Å²) in [6, 6.07) is 5.81. The Morgan fingerprint density at radius 2 is 1.71 bits per heavy atom. The predicted molar refractivity (Wildman–Crippen MR) is 49.9 cm³/mol. The van der Waals surface area contributed by atoms with Crippen molar-refractivity contribution < 1.29 is 19.8 Å². The number of amides is 1. The summed E-state index contributed by atoms with van der Waals surface area (Å²) < 4.78 is 0. The molecule has 0 heterocycles. The molecule has 0 aromatic heterocycles. The number of aromatic hydroxyl groups is 1. The number of carbonyl (C=O) groups excluding carboxylic acids is 1. The van der Waals surface area contributed by atoms with Gasteiger partial charge in [-0.25, -0.2) is 4.79 Å². The number of para-hydroxylation sites is 1. The first-order chi connectivity index (χ1) is 6.45. The van der Waals surface area contributed by atoms with Crippen LogP contribution < -0.4 is 5.73 Å². The molecular formula is C9H11NO4. The Morgan fingerprint density at radius 3 is 2.00 bits per heavy atom. The van der Waals surface area contributed by atoms with Crippen molar-refractivity contribution in [1.82, 2.24) is 0 Å². The number of phenols is 1. The van der Waals surface area contributed by atoms with E-state index < -0.39 is 5.97 Å². The van der Waals surface area contributed by atoms with Gasteiger partial charge >= 0.3 is 5.97 Å². The maximum absolute atomic E-state index is 10.3. The van der Waals surface area contributed by atoms with Gasteiger partial charge in [0.15, 0.2) is 0 Å². The predicted octanol–water partition coefficient (Wildman–Crippen LogP) is 0.582. The molecule has 0 aliphatic heterocycles. The number of benzene rings is 1. The lowest BCUT2D eigenvalue weighted by Crippen LogP contribution is -2.01. The van der Waals surface area contributed by atoms with Crippen molar-refractivity contribution in [3.63, 3.8) is 0 Å². The number of carboxylic acids is 1. The highest BCUT2D eigenvalue weighted by Gasteiger charge is 2.05. The molecule has 4 N–H and O–H groups in total. The van der Waals surface area contributed by atoms with Crippen LogP contribution in [0.25, 0.3) is 0 Å². The Hall–Kier alpha value is -2.04. The maximum Gasteiger partial charge on any atom is 0.339 e. The molecule has 14 heavy (non-hydrogen) atoms. The van der Waals surface area contributed by atoms with Gasteiger partial charge in [0.05, 0.1) is 0 Å². The smallest absolute Gasteiger partial charge is 0.339 e. The highest BCUT2D eigenvalue weighted by atomic mass is 16.4. The third-order valence-corrected chi connectivity index (χ3v) is 1.13. The summed E-state index contributed by atoms with van der Waals surface area (Å²) in [5, 5.41) is 17.3. The molecule has 1 amide bonds. The van der Waals surface area contributed by atoms with E-state index >= 15 is 0 Å². The third kappa shape index (κ3) is 4.76. The minimum atomic E-state index is -1.11. The fraction of sp³-hybridized carbons (Fsp3) is 0.111. The highest BCUT2D eigenvalue weighted by Crippen LogP contribution is 2.14. The highest BCUT2D eigenvalue weighted by molar-refractivity contribution is 5.90. The summed E-state index contributed by atoms with van der Waals surface area (Å²) in [4.78, 5) is 19.5. The van der Waals surface area contributed by atoms with E-state index in [1.807, 2.05) is 0 Å². The summed E-state index contributed by atoms with van der Waals surface area (Å²) >= 11 is 0. The molecule has 1 rings (SSSR count). The lowest BCUT2D eigenvalue weighted by Gasteiger charge is -1.95. The number of carbonyl (C=O) groups is 2. The molecule has 0 atom stereocenters. The van der Waals surface area contributed by atoms with Gasteiger partial charge in [0, 0.05) is 6.92 Å². The van der Waals surface area contributed by atoms with Crippen LogP contribution in [0.2, 0.25) is 0 Å². The van der Waals surface area contributed by atoms with Crippen LogP contribution in [0, 0.1) is 0 Å².